The summed E-state index contributed by atoms with van der Waals surface area (Å²) in [5.74, 6) is 0.0917. The number of ketones is 1. The largest absolute Gasteiger partial charge is 0.500 e. The number of hydrogen-bond acceptors (Lipinski definition) is 4. The van der Waals surface area contributed by atoms with Crippen molar-refractivity contribution in [1.29, 1.82) is 0 Å². The molecule has 0 bridgehead atoms. The number of rotatable bonds is 2. The predicted octanol–water partition coefficient (Wildman–Crippen LogP) is 0.190. The van der Waals surface area contributed by atoms with E-state index in [9.17, 15) is 4.79 Å². The number of carbonyl (C=O) groups excluding carboxylic acids is 1. The third kappa shape index (κ3) is 1.96. The Labute approximate surface area is 83.5 Å². The molecule has 0 radical (unpaired) electrons. The van der Waals surface area contributed by atoms with E-state index < -0.39 is 0 Å². The highest BCUT2D eigenvalue weighted by atomic mass is 16.5. The number of Topliss-reactive ketones (excluding diaryl/α,β-unsaturated/α-hetero) is 1. The summed E-state index contributed by atoms with van der Waals surface area (Å²) in [6.07, 6.45) is 2.00. The van der Waals surface area contributed by atoms with Crippen molar-refractivity contribution >= 4 is 5.78 Å². The van der Waals surface area contributed by atoms with Gasteiger partial charge in [-0.05, 0) is 7.05 Å². The second-order valence-electron chi connectivity index (χ2n) is 3.75. The molecule has 1 fully saturated rings. The number of ether oxygens (including phenoxy) is 2. The Morgan fingerprint density at radius 1 is 1.57 bits per heavy atom. The highest BCUT2D eigenvalue weighted by Gasteiger charge is 2.28. The van der Waals surface area contributed by atoms with Gasteiger partial charge in [-0.15, -0.1) is 0 Å². The maximum absolute atomic E-state index is 11.8. The van der Waals surface area contributed by atoms with Gasteiger partial charge in [0.25, 0.3) is 0 Å². The van der Waals surface area contributed by atoms with E-state index in [4.69, 9.17) is 9.47 Å². The van der Waals surface area contributed by atoms with Crippen LogP contribution in [0, 0.1) is 0 Å². The van der Waals surface area contributed by atoms with Crippen molar-refractivity contribution in [2.75, 3.05) is 33.4 Å². The molecule has 1 unspecified atom stereocenters. The van der Waals surface area contributed by atoms with Crippen LogP contribution in [0.4, 0.5) is 0 Å². The topological polar surface area (TPSA) is 38.8 Å². The summed E-state index contributed by atoms with van der Waals surface area (Å²) in [6, 6.07) is 0. The SMILES string of the molecule is CN1CCOC(C(=O)C2=COCC2)C1. The van der Waals surface area contributed by atoms with Crippen molar-refractivity contribution in [2.24, 2.45) is 0 Å². The molecule has 0 aromatic rings. The zero-order chi connectivity index (χ0) is 9.97. The highest BCUT2D eigenvalue weighted by Crippen LogP contribution is 2.16. The molecule has 2 heterocycles. The van der Waals surface area contributed by atoms with Crippen LogP contribution in [-0.4, -0.2) is 50.1 Å². The van der Waals surface area contributed by atoms with E-state index >= 15 is 0 Å². The van der Waals surface area contributed by atoms with Crippen LogP contribution in [0.1, 0.15) is 6.42 Å². The average Bonchev–Trinajstić information content (AvgIpc) is 2.69. The van der Waals surface area contributed by atoms with Gasteiger partial charge in [0, 0.05) is 25.1 Å². The molecular formula is C10H15NO3. The first-order chi connectivity index (χ1) is 6.77. The Bertz CT molecular complexity index is 262. The zero-order valence-corrected chi connectivity index (χ0v) is 8.36. The lowest BCUT2D eigenvalue weighted by Gasteiger charge is -2.29. The van der Waals surface area contributed by atoms with Crippen molar-refractivity contribution in [3.63, 3.8) is 0 Å². The van der Waals surface area contributed by atoms with Gasteiger partial charge in [-0.2, -0.15) is 0 Å². The summed E-state index contributed by atoms with van der Waals surface area (Å²) in [7, 11) is 2.00. The molecule has 2 aliphatic rings. The Kier molecular flexibility index (Phi) is 2.84. The van der Waals surface area contributed by atoms with Crippen molar-refractivity contribution in [2.45, 2.75) is 12.5 Å². The lowest BCUT2D eigenvalue weighted by molar-refractivity contribution is -0.131. The molecule has 0 aromatic heterocycles. The minimum absolute atomic E-state index is 0.0917. The Balaban J connectivity index is 1.96. The molecule has 1 atom stereocenters. The second-order valence-corrected chi connectivity index (χ2v) is 3.75. The molecule has 0 aliphatic carbocycles. The maximum Gasteiger partial charge on any atom is 0.192 e. The Hall–Kier alpha value is -0.870. The molecule has 2 aliphatic heterocycles. The monoisotopic (exact) mass is 197 g/mol. The van der Waals surface area contributed by atoms with Crippen molar-refractivity contribution in [1.82, 2.24) is 4.90 Å². The minimum atomic E-state index is -0.290. The summed E-state index contributed by atoms with van der Waals surface area (Å²) in [5.41, 5.74) is 0.769. The molecule has 0 aromatic carbocycles. The van der Waals surface area contributed by atoms with Crippen molar-refractivity contribution < 1.29 is 14.3 Å². The number of hydrogen-bond donors (Lipinski definition) is 0. The van der Waals surface area contributed by atoms with Crippen molar-refractivity contribution in [3.8, 4) is 0 Å². The maximum atomic E-state index is 11.8. The fourth-order valence-corrected chi connectivity index (χ4v) is 1.71. The van der Waals surface area contributed by atoms with E-state index in [-0.39, 0.29) is 11.9 Å². The van der Waals surface area contributed by atoms with Gasteiger partial charge >= 0.3 is 0 Å². The molecule has 0 amide bonds. The average molecular weight is 197 g/mol. The second kappa shape index (κ2) is 4.11. The third-order valence-corrected chi connectivity index (χ3v) is 2.59. The fourth-order valence-electron chi connectivity index (χ4n) is 1.71. The molecule has 78 valence electrons. The van der Waals surface area contributed by atoms with Gasteiger partial charge in [-0.3, -0.25) is 4.79 Å². The number of morpholine rings is 1. The van der Waals surface area contributed by atoms with Crippen LogP contribution in [0.5, 0.6) is 0 Å². The van der Waals surface area contributed by atoms with Gasteiger partial charge in [-0.25, -0.2) is 0 Å². The van der Waals surface area contributed by atoms with Gasteiger partial charge in [0.05, 0.1) is 19.5 Å². The van der Waals surface area contributed by atoms with Gasteiger partial charge in [0.15, 0.2) is 5.78 Å². The summed E-state index contributed by atoms with van der Waals surface area (Å²) in [4.78, 5) is 14.0. The first kappa shape index (κ1) is 9.68. The fraction of sp³-hybridized carbons (Fsp3) is 0.700. The third-order valence-electron chi connectivity index (χ3n) is 2.59. The van der Waals surface area contributed by atoms with E-state index in [2.05, 4.69) is 4.90 Å². The van der Waals surface area contributed by atoms with Crippen LogP contribution < -0.4 is 0 Å². The lowest BCUT2D eigenvalue weighted by atomic mass is 10.0. The molecule has 0 N–H and O–H groups in total. The summed E-state index contributed by atoms with van der Waals surface area (Å²) < 4.78 is 10.5. The summed E-state index contributed by atoms with van der Waals surface area (Å²) in [5, 5.41) is 0. The van der Waals surface area contributed by atoms with Crippen molar-refractivity contribution in [3.05, 3.63) is 11.8 Å². The van der Waals surface area contributed by atoms with Crippen LogP contribution in [0.25, 0.3) is 0 Å². The van der Waals surface area contributed by atoms with E-state index in [1.165, 1.54) is 0 Å². The van der Waals surface area contributed by atoms with E-state index in [1.807, 2.05) is 7.05 Å². The molecule has 4 heteroatoms. The van der Waals surface area contributed by atoms with E-state index in [0.717, 1.165) is 18.5 Å². The summed E-state index contributed by atoms with van der Waals surface area (Å²) >= 11 is 0. The molecule has 1 saturated heterocycles. The van der Waals surface area contributed by atoms with Crippen LogP contribution in [0.15, 0.2) is 11.8 Å². The number of nitrogens with zero attached hydrogens (tertiary/aromatic N) is 1. The van der Waals surface area contributed by atoms with Crippen LogP contribution >= 0.6 is 0 Å². The van der Waals surface area contributed by atoms with Gasteiger partial charge in [0.2, 0.25) is 0 Å². The number of carbonyl (C=O) groups is 1. The molecule has 0 saturated carbocycles. The van der Waals surface area contributed by atoms with E-state index in [0.29, 0.717) is 19.8 Å². The summed E-state index contributed by atoms with van der Waals surface area (Å²) in [6.45, 7) is 2.86. The Morgan fingerprint density at radius 2 is 2.43 bits per heavy atom. The van der Waals surface area contributed by atoms with Crippen LogP contribution in [0.2, 0.25) is 0 Å². The lowest BCUT2D eigenvalue weighted by Crippen LogP contribution is -2.44. The highest BCUT2D eigenvalue weighted by molar-refractivity contribution is 5.99. The standard InChI is InChI=1S/C10H15NO3/c1-11-3-5-14-9(6-11)10(12)8-2-4-13-7-8/h7,9H,2-6H2,1H3. The molecular weight excluding hydrogens is 182 g/mol. The smallest absolute Gasteiger partial charge is 0.192 e. The molecule has 0 spiro atoms. The molecule has 4 nitrogen and oxygen atoms in total. The normalized spacial score (nSPS) is 28.4. The predicted molar refractivity (Wildman–Crippen MR) is 50.9 cm³/mol. The van der Waals surface area contributed by atoms with Gasteiger partial charge in [-0.1, -0.05) is 0 Å². The van der Waals surface area contributed by atoms with Crippen LogP contribution in [0.3, 0.4) is 0 Å². The minimum Gasteiger partial charge on any atom is -0.500 e. The number of likely N-dealkylation sites (N-methyl/N-ethyl adjacent to an activating group) is 1. The van der Waals surface area contributed by atoms with Gasteiger partial charge in [0.1, 0.15) is 6.10 Å². The molecule has 2 rings (SSSR count). The van der Waals surface area contributed by atoms with Gasteiger partial charge < -0.3 is 14.4 Å². The zero-order valence-electron chi connectivity index (χ0n) is 8.36. The van der Waals surface area contributed by atoms with Crippen LogP contribution in [-0.2, 0) is 14.3 Å². The Morgan fingerprint density at radius 3 is 3.07 bits per heavy atom. The first-order valence-electron chi connectivity index (χ1n) is 4.92. The quantitative estimate of drug-likeness (QED) is 0.633. The first-order valence-corrected chi connectivity index (χ1v) is 4.92. The molecule has 14 heavy (non-hydrogen) atoms. The van der Waals surface area contributed by atoms with E-state index in [1.54, 1.807) is 6.26 Å².